The Kier molecular flexibility index (Phi) is 3.76. The molecule has 20 heavy (non-hydrogen) atoms. The molecule has 3 rings (SSSR count). The number of pyridine rings is 1. The first-order valence-electron chi connectivity index (χ1n) is 6.36. The number of aromatic nitrogens is 3. The summed E-state index contributed by atoms with van der Waals surface area (Å²) in [6.07, 6.45) is 2.50. The standard InChI is InChI=1S/C15H13BrClN3/c1-10-11(16)4-2-6-13(10)20-14(7-8-17)19-12-5-3-9-18-15(12)20/h2-6,9H,7-8H2,1H3. The summed E-state index contributed by atoms with van der Waals surface area (Å²) in [6, 6.07) is 10.0. The molecule has 3 nitrogen and oxygen atoms in total. The van der Waals surface area contributed by atoms with Gasteiger partial charge in [-0.2, -0.15) is 0 Å². The number of nitrogens with zero attached hydrogens (tertiary/aromatic N) is 3. The van der Waals surface area contributed by atoms with Gasteiger partial charge in [-0.1, -0.05) is 22.0 Å². The van der Waals surface area contributed by atoms with E-state index in [1.807, 2.05) is 24.3 Å². The average Bonchev–Trinajstić information content (AvgIpc) is 2.80. The molecule has 0 saturated carbocycles. The minimum absolute atomic E-state index is 0.538. The Balaban J connectivity index is 2.33. The number of hydrogen-bond acceptors (Lipinski definition) is 2. The third-order valence-corrected chi connectivity index (χ3v) is 4.33. The summed E-state index contributed by atoms with van der Waals surface area (Å²) in [5.74, 6) is 1.48. The second-order valence-electron chi connectivity index (χ2n) is 4.53. The molecule has 1 aromatic carbocycles. The summed E-state index contributed by atoms with van der Waals surface area (Å²) < 4.78 is 3.17. The molecular weight excluding hydrogens is 338 g/mol. The molecule has 2 heterocycles. The number of fused-ring (bicyclic) bond motifs is 1. The Morgan fingerprint density at radius 1 is 1.25 bits per heavy atom. The number of imidazole rings is 1. The van der Waals surface area contributed by atoms with E-state index in [9.17, 15) is 0 Å². The summed E-state index contributed by atoms with van der Waals surface area (Å²) in [6.45, 7) is 2.08. The Morgan fingerprint density at radius 2 is 2.10 bits per heavy atom. The van der Waals surface area contributed by atoms with Gasteiger partial charge in [0.25, 0.3) is 0 Å². The van der Waals surface area contributed by atoms with Gasteiger partial charge in [0, 0.05) is 23.0 Å². The Hall–Kier alpha value is -1.39. The normalized spacial score (nSPS) is 11.2. The van der Waals surface area contributed by atoms with Gasteiger partial charge in [0.15, 0.2) is 5.65 Å². The molecule has 0 spiro atoms. The van der Waals surface area contributed by atoms with Crippen molar-refractivity contribution in [3.8, 4) is 5.69 Å². The van der Waals surface area contributed by atoms with E-state index in [1.54, 1.807) is 6.20 Å². The lowest BCUT2D eigenvalue weighted by molar-refractivity contribution is 0.899. The van der Waals surface area contributed by atoms with E-state index >= 15 is 0 Å². The highest BCUT2D eigenvalue weighted by Gasteiger charge is 2.15. The largest absolute Gasteiger partial charge is 0.280 e. The lowest BCUT2D eigenvalue weighted by atomic mass is 10.2. The quantitative estimate of drug-likeness (QED) is 0.660. The van der Waals surface area contributed by atoms with E-state index in [-0.39, 0.29) is 0 Å². The van der Waals surface area contributed by atoms with E-state index in [0.717, 1.165) is 32.7 Å². The van der Waals surface area contributed by atoms with E-state index in [2.05, 4.69) is 43.5 Å². The van der Waals surface area contributed by atoms with Crippen LogP contribution in [-0.2, 0) is 6.42 Å². The average molecular weight is 351 g/mol. The maximum Gasteiger partial charge on any atom is 0.164 e. The molecule has 5 heteroatoms. The molecule has 0 unspecified atom stereocenters. The molecule has 0 aliphatic rings. The molecule has 2 aromatic heterocycles. The number of halogens is 2. The van der Waals surface area contributed by atoms with Gasteiger partial charge in [-0.05, 0) is 36.8 Å². The number of rotatable bonds is 3. The van der Waals surface area contributed by atoms with Crippen molar-refractivity contribution in [2.75, 3.05) is 5.88 Å². The van der Waals surface area contributed by atoms with Crippen molar-refractivity contribution in [3.63, 3.8) is 0 Å². The molecule has 0 atom stereocenters. The van der Waals surface area contributed by atoms with Crippen molar-refractivity contribution in [2.45, 2.75) is 13.3 Å². The number of hydrogen-bond donors (Lipinski definition) is 0. The van der Waals surface area contributed by atoms with Gasteiger partial charge in [0.2, 0.25) is 0 Å². The summed E-state index contributed by atoms with van der Waals surface area (Å²) in [7, 11) is 0. The highest BCUT2D eigenvalue weighted by atomic mass is 79.9. The maximum absolute atomic E-state index is 5.91. The lowest BCUT2D eigenvalue weighted by Gasteiger charge is -2.12. The zero-order valence-corrected chi connectivity index (χ0v) is 13.3. The minimum Gasteiger partial charge on any atom is -0.280 e. The monoisotopic (exact) mass is 349 g/mol. The predicted molar refractivity (Wildman–Crippen MR) is 85.7 cm³/mol. The van der Waals surface area contributed by atoms with Gasteiger partial charge >= 0.3 is 0 Å². The van der Waals surface area contributed by atoms with Crippen LogP contribution >= 0.6 is 27.5 Å². The molecule has 3 aromatic rings. The minimum atomic E-state index is 0.538. The molecule has 0 saturated heterocycles. The molecule has 0 radical (unpaired) electrons. The van der Waals surface area contributed by atoms with Crippen LogP contribution in [0.4, 0.5) is 0 Å². The van der Waals surface area contributed by atoms with Crippen LogP contribution in [0, 0.1) is 6.92 Å². The molecule has 0 bridgehead atoms. The van der Waals surface area contributed by atoms with Gasteiger partial charge in [0.1, 0.15) is 11.3 Å². The third kappa shape index (κ3) is 2.23. The van der Waals surface area contributed by atoms with Crippen molar-refractivity contribution in [2.24, 2.45) is 0 Å². The Morgan fingerprint density at radius 3 is 2.90 bits per heavy atom. The topological polar surface area (TPSA) is 30.7 Å². The van der Waals surface area contributed by atoms with Gasteiger partial charge in [0.05, 0.1) is 5.69 Å². The van der Waals surface area contributed by atoms with Crippen molar-refractivity contribution >= 4 is 38.7 Å². The maximum atomic E-state index is 5.91. The fraction of sp³-hybridized carbons (Fsp3) is 0.200. The summed E-state index contributed by atoms with van der Waals surface area (Å²) in [5.41, 5.74) is 4.01. The smallest absolute Gasteiger partial charge is 0.164 e. The molecule has 102 valence electrons. The molecule has 0 N–H and O–H groups in total. The summed E-state index contributed by atoms with van der Waals surface area (Å²) in [4.78, 5) is 9.12. The van der Waals surface area contributed by atoms with Crippen molar-refractivity contribution in [3.05, 3.63) is 52.4 Å². The fourth-order valence-electron chi connectivity index (χ4n) is 2.30. The van der Waals surface area contributed by atoms with Crippen LogP contribution in [0.2, 0.25) is 0 Å². The predicted octanol–water partition coefficient (Wildman–Crippen LogP) is 4.27. The van der Waals surface area contributed by atoms with Crippen LogP contribution in [0.1, 0.15) is 11.4 Å². The van der Waals surface area contributed by atoms with Crippen LogP contribution in [0.3, 0.4) is 0 Å². The summed E-state index contributed by atoms with van der Waals surface area (Å²) in [5, 5.41) is 0. The molecule has 0 aliphatic heterocycles. The first-order valence-corrected chi connectivity index (χ1v) is 7.69. The molecular formula is C15H13BrClN3. The van der Waals surface area contributed by atoms with Crippen LogP contribution in [0.5, 0.6) is 0 Å². The van der Waals surface area contributed by atoms with E-state index in [4.69, 9.17) is 11.6 Å². The first kappa shape index (κ1) is 13.6. The van der Waals surface area contributed by atoms with Crippen molar-refractivity contribution < 1.29 is 0 Å². The Bertz CT molecular complexity index is 767. The first-order chi connectivity index (χ1) is 9.72. The van der Waals surface area contributed by atoms with Gasteiger partial charge in [-0.3, -0.25) is 4.57 Å². The van der Waals surface area contributed by atoms with Gasteiger partial charge in [-0.15, -0.1) is 11.6 Å². The number of aryl methyl sites for hydroxylation is 1. The van der Waals surface area contributed by atoms with E-state index in [1.165, 1.54) is 0 Å². The van der Waals surface area contributed by atoms with E-state index < -0.39 is 0 Å². The molecule has 0 amide bonds. The fourth-order valence-corrected chi connectivity index (χ4v) is 2.83. The zero-order chi connectivity index (χ0) is 14.1. The Labute approximate surface area is 130 Å². The second-order valence-corrected chi connectivity index (χ2v) is 5.76. The van der Waals surface area contributed by atoms with Crippen molar-refractivity contribution in [1.82, 2.24) is 14.5 Å². The zero-order valence-electron chi connectivity index (χ0n) is 11.0. The second kappa shape index (κ2) is 5.54. The SMILES string of the molecule is Cc1c(Br)cccc1-n1c(CCCl)nc2cccnc21. The van der Waals surface area contributed by atoms with Gasteiger partial charge < -0.3 is 0 Å². The highest BCUT2D eigenvalue weighted by molar-refractivity contribution is 9.10. The molecule has 0 fully saturated rings. The van der Waals surface area contributed by atoms with Gasteiger partial charge in [-0.25, -0.2) is 9.97 Å². The van der Waals surface area contributed by atoms with Crippen LogP contribution < -0.4 is 0 Å². The lowest BCUT2D eigenvalue weighted by Crippen LogP contribution is -2.05. The van der Waals surface area contributed by atoms with E-state index in [0.29, 0.717) is 12.3 Å². The molecule has 0 aliphatic carbocycles. The summed E-state index contributed by atoms with van der Waals surface area (Å²) >= 11 is 9.49. The van der Waals surface area contributed by atoms with Crippen molar-refractivity contribution in [1.29, 1.82) is 0 Å². The number of benzene rings is 1. The third-order valence-electron chi connectivity index (χ3n) is 3.28. The highest BCUT2D eigenvalue weighted by Crippen LogP contribution is 2.27. The van der Waals surface area contributed by atoms with Crippen LogP contribution in [0.15, 0.2) is 41.0 Å². The van der Waals surface area contributed by atoms with Crippen LogP contribution in [-0.4, -0.2) is 20.4 Å². The van der Waals surface area contributed by atoms with Crippen LogP contribution in [0.25, 0.3) is 16.9 Å². The number of alkyl halides is 1.